The van der Waals surface area contributed by atoms with E-state index in [1.165, 1.54) is 23.5 Å². The molecule has 0 bridgehead atoms. The zero-order valence-electron chi connectivity index (χ0n) is 13.9. The van der Waals surface area contributed by atoms with E-state index in [2.05, 4.69) is 5.10 Å². The molecular formula is C16H10ClF4N3O3S. The van der Waals surface area contributed by atoms with Crippen LogP contribution in [0.1, 0.15) is 5.69 Å². The van der Waals surface area contributed by atoms with Crippen LogP contribution in [-0.2, 0) is 14.8 Å². The molecule has 0 aliphatic heterocycles. The number of benzene rings is 2. The highest BCUT2D eigenvalue weighted by Crippen LogP contribution is 2.28. The topological polar surface area (TPSA) is 81.1 Å². The van der Waals surface area contributed by atoms with Gasteiger partial charge in [0.05, 0.1) is 21.8 Å². The lowest BCUT2D eigenvalue weighted by Crippen LogP contribution is -2.30. The number of rotatable bonds is 3. The Morgan fingerprint density at radius 2 is 1.86 bits per heavy atom. The molecular weight excluding hydrogens is 426 g/mol. The van der Waals surface area contributed by atoms with E-state index in [9.17, 15) is 30.8 Å². The fourth-order valence-electron chi connectivity index (χ4n) is 2.45. The van der Waals surface area contributed by atoms with Crippen LogP contribution in [0, 0.1) is 12.7 Å². The molecule has 1 heterocycles. The molecule has 0 atom stereocenters. The van der Waals surface area contributed by atoms with E-state index in [1.807, 2.05) is 0 Å². The van der Waals surface area contributed by atoms with Gasteiger partial charge in [0.1, 0.15) is 5.82 Å². The summed E-state index contributed by atoms with van der Waals surface area (Å²) in [5, 5.41) is 6.05. The largest absolute Gasteiger partial charge is 0.471 e. The Balaban J connectivity index is 2.11. The van der Waals surface area contributed by atoms with Gasteiger partial charge in [-0.1, -0.05) is 11.6 Å². The number of alkyl halides is 3. The van der Waals surface area contributed by atoms with Crippen LogP contribution >= 0.6 is 11.6 Å². The number of hydrogen-bond acceptors (Lipinski definition) is 4. The van der Waals surface area contributed by atoms with Gasteiger partial charge in [-0.25, -0.2) is 4.39 Å². The minimum Gasteiger partial charge on any atom is -0.316 e. The highest BCUT2D eigenvalue weighted by atomic mass is 35.5. The van der Waals surface area contributed by atoms with Gasteiger partial charge in [0.25, 0.3) is 10.0 Å². The Hall–Kier alpha value is -2.66. The molecule has 0 saturated carbocycles. The Kier molecular flexibility index (Phi) is 4.84. The third-order valence-corrected chi connectivity index (χ3v) is 5.58. The predicted molar refractivity (Wildman–Crippen MR) is 93.1 cm³/mol. The summed E-state index contributed by atoms with van der Waals surface area (Å²) < 4.78 is 77.5. The molecule has 3 aromatic rings. The summed E-state index contributed by atoms with van der Waals surface area (Å²) in [6.07, 6.45) is -5.27. The number of carbonyl (C=O) groups excluding carboxylic acids is 1. The van der Waals surface area contributed by atoms with E-state index in [-0.39, 0.29) is 5.52 Å². The number of nitrogens with zero attached hydrogens (tertiary/aromatic N) is 2. The Labute approximate surface area is 160 Å². The van der Waals surface area contributed by atoms with Gasteiger partial charge in [0.15, 0.2) is 0 Å². The summed E-state index contributed by atoms with van der Waals surface area (Å²) in [5.41, 5.74) is -0.416. The van der Waals surface area contributed by atoms with Crippen molar-refractivity contribution in [2.24, 2.45) is 0 Å². The molecule has 2 aromatic carbocycles. The van der Waals surface area contributed by atoms with Gasteiger partial charge in [-0.05, 0) is 43.3 Å². The Bertz CT molecular complexity index is 1210. The number of aromatic nitrogens is 2. The first-order chi connectivity index (χ1) is 12.9. The van der Waals surface area contributed by atoms with Crippen LogP contribution in [-0.4, -0.2) is 29.7 Å². The molecule has 0 fully saturated rings. The molecule has 0 saturated heterocycles. The van der Waals surface area contributed by atoms with E-state index in [0.717, 1.165) is 6.07 Å². The molecule has 1 N–H and O–H groups in total. The lowest BCUT2D eigenvalue weighted by molar-refractivity contribution is -0.167. The summed E-state index contributed by atoms with van der Waals surface area (Å²) in [4.78, 5) is 10.5. The van der Waals surface area contributed by atoms with Crippen LogP contribution in [0.25, 0.3) is 10.9 Å². The van der Waals surface area contributed by atoms with E-state index in [4.69, 9.17) is 11.6 Å². The van der Waals surface area contributed by atoms with Gasteiger partial charge >= 0.3 is 12.1 Å². The number of halogens is 5. The summed E-state index contributed by atoms with van der Waals surface area (Å²) in [5.74, 6) is -3.67. The third kappa shape index (κ3) is 3.54. The number of amides is 1. The molecule has 12 heteroatoms. The van der Waals surface area contributed by atoms with Crippen molar-refractivity contribution in [3.63, 3.8) is 0 Å². The predicted octanol–water partition coefficient (Wildman–Crippen LogP) is 3.88. The molecule has 1 amide bonds. The van der Waals surface area contributed by atoms with Gasteiger partial charge in [-0.15, -0.1) is 0 Å². The van der Waals surface area contributed by atoms with Crippen molar-refractivity contribution in [1.29, 1.82) is 0 Å². The van der Waals surface area contributed by atoms with Gasteiger partial charge in [0, 0.05) is 10.4 Å². The molecule has 0 radical (unpaired) electrons. The zero-order valence-corrected chi connectivity index (χ0v) is 15.5. The average molecular weight is 436 g/mol. The van der Waals surface area contributed by atoms with Crippen LogP contribution in [0.15, 0.2) is 41.3 Å². The van der Waals surface area contributed by atoms with E-state index < -0.39 is 38.5 Å². The van der Waals surface area contributed by atoms with E-state index >= 15 is 0 Å². The number of nitrogens with one attached hydrogen (secondary N) is 1. The highest BCUT2D eigenvalue weighted by molar-refractivity contribution is 7.90. The zero-order chi connectivity index (χ0) is 20.9. The van der Waals surface area contributed by atoms with Crippen LogP contribution < -0.4 is 5.32 Å². The van der Waals surface area contributed by atoms with Gasteiger partial charge in [0.2, 0.25) is 0 Å². The first-order valence-corrected chi connectivity index (χ1v) is 9.31. The maximum atomic E-state index is 13.8. The molecule has 0 aliphatic rings. The van der Waals surface area contributed by atoms with E-state index in [0.29, 0.717) is 32.3 Å². The Morgan fingerprint density at radius 3 is 2.50 bits per heavy atom. The summed E-state index contributed by atoms with van der Waals surface area (Å²) in [6.45, 7) is 1.55. The van der Waals surface area contributed by atoms with Gasteiger partial charge in [-0.3, -0.25) is 4.79 Å². The molecule has 0 spiro atoms. The van der Waals surface area contributed by atoms with Crippen molar-refractivity contribution in [3.8, 4) is 0 Å². The first kappa shape index (κ1) is 20.1. The fourth-order valence-corrected chi connectivity index (χ4v) is 3.97. The van der Waals surface area contributed by atoms with Crippen molar-refractivity contribution in [1.82, 2.24) is 9.19 Å². The number of fused-ring (bicyclic) bond motifs is 1. The number of hydrogen-bond donors (Lipinski definition) is 1. The second-order valence-electron chi connectivity index (χ2n) is 5.69. The van der Waals surface area contributed by atoms with Crippen molar-refractivity contribution in [2.45, 2.75) is 18.0 Å². The number of aryl methyl sites for hydroxylation is 1. The summed E-state index contributed by atoms with van der Waals surface area (Å²) >= 11 is 5.89. The molecule has 28 heavy (non-hydrogen) atoms. The van der Waals surface area contributed by atoms with Crippen molar-refractivity contribution >= 4 is 44.1 Å². The van der Waals surface area contributed by atoms with Crippen molar-refractivity contribution in [2.75, 3.05) is 5.32 Å². The maximum Gasteiger partial charge on any atom is 0.471 e. The first-order valence-electron chi connectivity index (χ1n) is 7.49. The summed E-state index contributed by atoms with van der Waals surface area (Å²) in [6, 6.07) is 6.43. The molecule has 148 valence electrons. The second kappa shape index (κ2) is 6.74. The molecule has 3 rings (SSSR count). The monoisotopic (exact) mass is 435 g/mol. The quantitative estimate of drug-likeness (QED) is 0.633. The van der Waals surface area contributed by atoms with Gasteiger partial charge < -0.3 is 5.32 Å². The van der Waals surface area contributed by atoms with Crippen LogP contribution in [0.5, 0.6) is 0 Å². The van der Waals surface area contributed by atoms with Crippen LogP contribution in [0.4, 0.5) is 23.2 Å². The average Bonchev–Trinajstić information content (AvgIpc) is 2.93. The standard InChI is InChI=1S/C16H10ClF4N3O3S/c1-8-11-6-9(17)2-5-14(11)24(23-8)28(26,27)10-3-4-12(18)13(7-10)22-15(25)16(19,20)21/h2-7H,1H3,(H,22,25). The third-order valence-electron chi connectivity index (χ3n) is 3.76. The maximum absolute atomic E-state index is 13.8. The van der Waals surface area contributed by atoms with Crippen LogP contribution in [0.2, 0.25) is 5.02 Å². The highest BCUT2D eigenvalue weighted by Gasteiger charge is 2.39. The molecule has 0 aliphatic carbocycles. The minimum absolute atomic E-state index is 0.173. The molecule has 6 nitrogen and oxygen atoms in total. The van der Waals surface area contributed by atoms with Crippen molar-refractivity contribution < 1.29 is 30.8 Å². The second-order valence-corrected chi connectivity index (χ2v) is 7.89. The normalized spacial score (nSPS) is 12.4. The minimum atomic E-state index is -5.27. The lowest BCUT2D eigenvalue weighted by atomic mass is 10.2. The number of anilines is 1. The summed E-state index contributed by atoms with van der Waals surface area (Å²) in [7, 11) is -4.40. The van der Waals surface area contributed by atoms with Crippen LogP contribution in [0.3, 0.4) is 0 Å². The SMILES string of the molecule is Cc1nn(S(=O)(=O)c2ccc(F)c(NC(=O)C(F)(F)F)c2)c2ccc(Cl)cc12. The Morgan fingerprint density at radius 1 is 1.18 bits per heavy atom. The molecule has 0 unspecified atom stereocenters. The van der Waals surface area contributed by atoms with E-state index in [1.54, 1.807) is 6.92 Å². The van der Waals surface area contributed by atoms with Gasteiger partial charge in [-0.2, -0.15) is 30.8 Å². The van der Waals surface area contributed by atoms with Crippen molar-refractivity contribution in [3.05, 3.63) is 52.9 Å². The molecule has 1 aromatic heterocycles. The number of carbonyl (C=O) groups is 1. The smallest absolute Gasteiger partial charge is 0.316 e. The fraction of sp³-hybridized carbons (Fsp3) is 0.125. The lowest BCUT2D eigenvalue weighted by Gasteiger charge is -2.11.